The average Bonchev–Trinajstić information content (AvgIpc) is 2.71. The number of fused-ring (bicyclic) bond motifs is 1. The van der Waals surface area contributed by atoms with Gasteiger partial charge >= 0.3 is 0 Å². The van der Waals surface area contributed by atoms with Gasteiger partial charge in [-0.15, -0.1) is 0 Å². The molecule has 3 nitrogen and oxygen atoms in total. The first-order chi connectivity index (χ1) is 9.56. The van der Waals surface area contributed by atoms with Gasteiger partial charge in [0.25, 0.3) is 5.91 Å². The minimum Gasteiger partial charge on any atom is -0.320 e. The van der Waals surface area contributed by atoms with Gasteiger partial charge in [0.2, 0.25) is 0 Å². The molecule has 1 heterocycles. The van der Waals surface area contributed by atoms with Crippen molar-refractivity contribution in [1.82, 2.24) is 0 Å². The number of para-hydroxylation sites is 1. The molecule has 0 spiro atoms. The van der Waals surface area contributed by atoms with Gasteiger partial charge in [-0.1, -0.05) is 41.4 Å². The van der Waals surface area contributed by atoms with Crippen LogP contribution in [0.4, 0.5) is 11.4 Å². The number of anilines is 1. The Labute approximate surface area is 126 Å². The zero-order valence-corrected chi connectivity index (χ0v) is 12.1. The monoisotopic (exact) mass is 304 g/mol. The van der Waals surface area contributed by atoms with Gasteiger partial charge in [0.15, 0.2) is 0 Å². The molecule has 0 saturated carbocycles. The van der Waals surface area contributed by atoms with Crippen LogP contribution in [0, 0.1) is 6.92 Å². The summed E-state index contributed by atoms with van der Waals surface area (Å²) < 4.78 is 0. The maximum atomic E-state index is 12.1. The molecule has 1 aliphatic rings. The molecule has 1 aliphatic heterocycles. The minimum absolute atomic E-state index is 0.222. The largest absolute Gasteiger partial charge is 0.320 e. The van der Waals surface area contributed by atoms with Crippen molar-refractivity contribution in [3.05, 3.63) is 57.6 Å². The number of aliphatic imine (C=N–C) groups is 1. The molecule has 0 unspecified atom stereocenters. The van der Waals surface area contributed by atoms with Crippen molar-refractivity contribution in [3.63, 3.8) is 0 Å². The van der Waals surface area contributed by atoms with Gasteiger partial charge in [0.05, 0.1) is 16.4 Å². The van der Waals surface area contributed by atoms with Gasteiger partial charge in [-0.05, 0) is 30.7 Å². The van der Waals surface area contributed by atoms with E-state index in [0.29, 0.717) is 21.4 Å². The Kier molecular flexibility index (Phi) is 3.24. The van der Waals surface area contributed by atoms with Crippen LogP contribution in [0.1, 0.15) is 11.1 Å². The zero-order chi connectivity index (χ0) is 14.3. The molecular weight excluding hydrogens is 295 g/mol. The normalized spacial score (nSPS) is 15.3. The Hall–Kier alpha value is -1.84. The number of nitrogens with zero attached hydrogens (tertiary/aromatic N) is 1. The molecule has 100 valence electrons. The third kappa shape index (κ3) is 2.19. The van der Waals surface area contributed by atoms with Crippen molar-refractivity contribution in [2.45, 2.75) is 6.92 Å². The lowest BCUT2D eigenvalue weighted by Gasteiger charge is -2.02. The predicted molar refractivity (Wildman–Crippen MR) is 82.5 cm³/mol. The number of nitrogens with one attached hydrogen (secondary N) is 1. The summed E-state index contributed by atoms with van der Waals surface area (Å²) in [7, 11) is 0. The molecule has 1 N–H and O–H groups in total. The van der Waals surface area contributed by atoms with Crippen LogP contribution in [0.2, 0.25) is 10.0 Å². The van der Waals surface area contributed by atoms with Gasteiger partial charge in [-0.25, -0.2) is 4.99 Å². The van der Waals surface area contributed by atoms with Gasteiger partial charge in [-0.3, -0.25) is 4.79 Å². The lowest BCUT2D eigenvalue weighted by atomic mass is 10.1. The fourth-order valence-electron chi connectivity index (χ4n) is 2.13. The predicted octanol–water partition coefficient (Wildman–Crippen LogP) is 4.37. The van der Waals surface area contributed by atoms with Crippen LogP contribution in [-0.4, -0.2) is 11.6 Å². The lowest BCUT2D eigenvalue weighted by molar-refractivity contribution is -0.110. The molecule has 2 aromatic carbocycles. The van der Waals surface area contributed by atoms with Crippen molar-refractivity contribution >= 4 is 46.2 Å². The number of carbonyl (C=O) groups is 1. The van der Waals surface area contributed by atoms with Crippen molar-refractivity contribution in [1.29, 1.82) is 0 Å². The third-order valence-corrected chi connectivity index (χ3v) is 3.66. The molecule has 3 rings (SSSR count). The molecule has 0 bridgehead atoms. The Morgan fingerprint density at radius 2 is 1.95 bits per heavy atom. The zero-order valence-electron chi connectivity index (χ0n) is 10.6. The Morgan fingerprint density at radius 3 is 2.70 bits per heavy atom. The van der Waals surface area contributed by atoms with E-state index in [9.17, 15) is 4.79 Å². The maximum Gasteiger partial charge on any atom is 0.275 e. The molecule has 0 saturated heterocycles. The molecule has 0 radical (unpaired) electrons. The van der Waals surface area contributed by atoms with Gasteiger partial charge in [-0.2, -0.15) is 0 Å². The van der Waals surface area contributed by atoms with Gasteiger partial charge in [0, 0.05) is 10.6 Å². The summed E-state index contributed by atoms with van der Waals surface area (Å²) in [5.74, 6) is -0.222. The average molecular weight is 305 g/mol. The summed E-state index contributed by atoms with van der Waals surface area (Å²) in [4.78, 5) is 16.4. The number of halogens is 2. The second kappa shape index (κ2) is 4.93. The van der Waals surface area contributed by atoms with Crippen LogP contribution in [0.5, 0.6) is 0 Å². The second-order valence-electron chi connectivity index (χ2n) is 4.51. The lowest BCUT2D eigenvalue weighted by Crippen LogP contribution is -2.14. The molecule has 5 heteroatoms. The first-order valence-corrected chi connectivity index (χ1v) is 6.77. The molecule has 0 aromatic heterocycles. The Balaban J connectivity index is 2.14. The smallest absolute Gasteiger partial charge is 0.275 e. The first-order valence-electron chi connectivity index (χ1n) is 6.01. The number of hydrogen-bond acceptors (Lipinski definition) is 2. The first kappa shape index (κ1) is 13.2. The van der Waals surface area contributed by atoms with E-state index in [0.717, 1.165) is 16.8 Å². The van der Waals surface area contributed by atoms with E-state index in [2.05, 4.69) is 10.3 Å². The highest BCUT2D eigenvalue weighted by Gasteiger charge is 2.27. The number of benzene rings is 2. The van der Waals surface area contributed by atoms with E-state index in [1.54, 1.807) is 18.2 Å². The molecule has 2 aromatic rings. The fourth-order valence-corrected chi connectivity index (χ4v) is 2.58. The van der Waals surface area contributed by atoms with Crippen LogP contribution in [-0.2, 0) is 4.79 Å². The molecule has 0 aliphatic carbocycles. The summed E-state index contributed by atoms with van der Waals surface area (Å²) in [6, 6.07) is 10.7. The number of aryl methyl sites for hydroxylation is 1. The summed E-state index contributed by atoms with van der Waals surface area (Å²) in [6.45, 7) is 1.94. The highest BCUT2D eigenvalue weighted by atomic mass is 35.5. The molecule has 1 amide bonds. The van der Waals surface area contributed by atoms with E-state index >= 15 is 0 Å². The standard InChI is InChI=1S/C15H10Cl2N2O/c1-8-3-2-4-10-13(8)19-15(20)14(10)18-12-6-5-9(16)7-11(12)17/h2-7H,1H3,(H,18,19,20). The highest BCUT2D eigenvalue weighted by molar-refractivity contribution is 6.54. The van der Waals surface area contributed by atoms with Crippen LogP contribution >= 0.6 is 23.2 Å². The highest BCUT2D eigenvalue weighted by Crippen LogP contribution is 2.32. The molecule has 0 fully saturated rings. The Bertz CT molecular complexity index is 754. The third-order valence-electron chi connectivity index (χ3n) is 3.12. The van der Waals surface area contributed by atoms with Crippen LogP contribution in [0.25, 0.3) is 0 Å². The minimum atomic E-state index is -0.222. The summed E-state index contributed by atoms with van der Waals surface area (Å²) in [5, 5.41) is 3.78. The van der Waals surface area contributed by atoms with Gasteiger partial charge < -0.3 is 5.32 Å². The fraction of sp³-hybridized carbons (Fsp3) is 0.0667. The van der Waals surface area contributed by atoms with E-state index in [4.69, 9.17) is 23.2 Å². The van der Waals surface area contributed by atoms with E-state index in [-0.39, 0.29) is 5.91 Å². The van der Waals surface area contributed by atoms with E-state index < -0.39 is 0 Å². The second-order valence-corrected chi connectivity index (χ2v) is 5.35. The molecule has 20 heavy (non-hydrogen) atoms. The van der Waals surface area contributed by atoms with Crippen molar-refractivity contribution in [3.8, 4) is 0 Å². The summed E-state index contributed by atoms with van der Waals surface area (Å²) >= 11 is 11.9. The Morgan fingerprint density at radius 1 is 1.15 bits per heavy atom. The van der Waals surface area contributed by atoms with Crippen molar-refractivity contribution in [2.24, 2.45) is 4.99 Å². The molecule has 0 atom stereocenters. The van der Waals surface area contributed by atoms with Crippen LogP contribution in [0.3, 0.4) is 0 Å². The van der Waals surface area contributed by atoms with Crippen LogP contribution < -0.4 is 5.32 Å². The quantitative estimate of drug-likeness (QED) is 0.835. The van der Waals surface area contributed by atoms with E-state index in [1.807, 2.05) is 25.1 Å². The maximum absolute atomic E-state index is 12.1. The van der Waals surface area contributed by atoms with E-state index in [1.165, 1.54) is 0 Å². The number of rotatable bonds is 1. The number of amides is 1. The summed E-state index contributed by atoms with van der Waals surface area (Å²) in [6.07, 6.45) is 0. The topological polar surface area (TPSA) is 41.5 Å². The molecular formula is C15H10Cl2N2O. The van der Waals surface area contributed by atoms with Gasteiger partial charge in [0.1, 0.15) is 5.71 Å². The van der Waals surface area contributed by atoms with Crippen molar-refractivity contribution < 1.29 is 4.79 Å². The van der Waals surface area contributed by atoms with Crippen molar-refractivity contribution in [2.75, 3.05) is 5.32 Å². The van der Waals surface area contributed by atoms with Crippen LogP contribution in [0.15, 0.2) is 41.4 Å². The number of hydrogen-bond donors (Lipinski definition) is 1. The number of carbonyl (C=O) groups excluding carboxylic acids is 1. The SMILES string of the molecule is Cc1cccc2c1NC(=O)C2=Nc1ccc(Cl)cc1Cl. The summed E-state index contributed by atoms with van der Waals surface area (Å²) in [5.41, 5.74) is 3.49.